The Hall–Kier alpha value is -3.35. The van der Waals surface area contributed by atoms with Crippen LogP contribution in [0.3, 0.4) is 0 Å². The van der Waals surface area contributed by atoms with E-state index < -0.39 is 5.82 Å². The predicted molar refractivity (Wildman–Crippen MR) is 104 cm³/mol. The van der Waals surface area contributed by atoms with E-state index in [1.807, 2.05) is 18.2 Å². The van der Waals surface area contributed by atoms with E-state index in [0.717, 1.165) is 5.56 Å². The van der Waals surface area contributed by atoms with Gasteiger partial charge in [0.25, 0.3) is 5.91 Å². The minimum atomic E-state index is -0.394. The molecule has 0 bridgehead atoms. The lowest BCUT2D eigenvalue weighted by Crippen LogP contribution is -2.26. The number of carbonyl (C=O) groups excluding carboxylic acids is 1. The molecule has 0 spiro atoms. The highest BCUT2D eigenvalue weighted by molar-refractivity contribution is 5.95. The van der Waals surface area contributed by atoms with Gasteiger partial charge in [-0.1, -0.05) is 18.2 Å². The molecule has 1 N–H and O–H groups in total. The first-order chi connectivity index (χ1) is 13.5. The standard InChI is InChI=1S/C21H22FN3O3/c1-14-16(13-24-25(14)18-7-5-4-6-17(18)22)21(26)23-11-10-15-8-9-19(27-2)20(12-15)28-3/h4-9,12-13H,10-11H2,1-3H3,(H,23,26). The zero-order valence-corrected chi connectivity index (χ0v) is 16.0. The summed E-state index contributed by atoms with van der Waals surface area (Å²) in [5.74, 6) is 0.662. The number of aromatic nitrogens is 2. The molecule has 0 atom stereocenters. The van der Waals surface area contributed by atoms with Gasteiger partial charge < -0.3 is 14.8 Å². The number of ether oxygens (including phenoxy) is 2. The number of carbonyl (C=O) groups is 1. The summed E-state index contributed by atoms with van der Waals surface area (Å²) in [6.45, 7) is 2.18. The van der Waals surface area contributed by atoms with Crippen molar-refractivity contribution in [2.45, 2.75) is 13.3 Å². The van der Waals surface area contributed by atoms with Crippen LogP contribution >= 0.6 is 0 Å². The molecule has 3 rings (SSSR count). The van der Waals surface area contributed by atoms with Crippen LogP contribution in [-0.4, -0.2) is 36.5 Å². The number of methoxy groups -OCH3 is 2. The molecule has 0 fully saturated rings. The van der Waals surface area contributed by atoms with Crippen LogP contribution in [-0.2, 0) is 6.42 Å². The van der Waals surface area contributed by atoms with Crippen molar-refractivity contribution < 1.29 is 18.7 Å². The topological polar surface area (TPSA) is 65.4 Å². The summed E-state index contributed by atoms with van der Waals surface area (Å²) in [5, 5.41) is 7.04. The van der Waals surface area contributed by atoms with Crippen LogP contribution in [0.2, 0.25) is 0 Å². The van der Waals surface area contributed by atoms with Crippen LogP contribution in [0.15, 0.2) is 48.7 Å². The number of benzene rings is 2. The molecule has 0 aliphatic rings. The fourth-order valence-corrected chi connectivity index (χ4v) is 2.95. The number of amides is 1. The number of para-hydroxylation sites is 1. The van der Waals surface area contributed by atoms with Crippen LogP contribution < -0.4 is 14.8 Å². The van der Waals surface area contributed by atoms with Gasteiger partial charge in [0.05, 0.1) is 31.7 Å². The molecule has 7 heteroatoms. The van der Waals surface area contributed by atoms with Crippen LogP contribution in [0.5, 0.6) is 11.5 Å². The van der Waals surface area contributed by atoms with E-state index in [-0.39, 0.29) is 5.91 Å². The largest absolute Gasteiger partial charge is 0.493 e. The molecule has 1 heterocycles. The fourth-order valence-electron chi connectivity index (χ4n) is 2.95. The molecule has 2 aromatic carbocycles. The molecule has 1 aromatic heterocycles. The molecular weight excluding hydrogens is 361 g/mol. The molecule has 0 radical (unpaired) electrons. The third kappa shape index (κ3) is 3.98. The zero-order chi connectivity index (χ0) is 20.1. The van der Waals surface area contributed by atoms with Gasteiger partial charge in [-0.15, -0.1) is 0 Å². The smallest absolute Gasteiger partial charge is 0.254 e. The van der Waals surface area contributed by atoms with Gasteiger partial charge in [-0.25, -0.2) is 9.07 Å². The van der Waals surface area contributed by atoms with E-state index in [1.54, 1.807) is 39.3 Å². The van der Waals surface area contributed by atoms with Gasteiger partial charge in [0, 0.05) is 6.54 Å². The molecule has 0 unspecified atom stereocenters. The normalized spacial score (nSPS) is 10.6. The van der Waals surface area contributed by atoms with Crippen molar-refractivity contribution in [2.24, 2.45) is 0 Å². The molecule has 28 heavy (non-hydrogen) atoms. The number of hydrogen-bond acceptors (Lipinski definition) is 4. The third-order valence-electron chi connectivity index (χ3n) is 4.48. The highest BCUT2D eigenvalue weighted by Gasteiger charge is 2.16. The summed E-state index contributed by atoms with van der Waals surface area (Å²) in [7, 11) is 3.17. The molecule has 0 aliphatic carbocycles. The molecule has 6 nitrogen and oxygen atoms in total. The number of rotatable bonds is 7. The fraction of sp³-hybridized carbons (Fsp3) is 0.238. The molecule has 0 saturated carbocycles. The van der Waals surface area contributed by atoms with E-state index >= 15 is 0 Å². The summed E-state index contributed by atoms with van der Waals surface area (Å²) >= 11 is 0. The molecule has 146 valence electrons. The van der Waals surface area contributed by atoms with Crippen molar-refractivity contribution >= 4 is 5.91 Å². The van der Waals surface area contributed by atoms with Crippen molar-refractivity contribution in [3.8, 4) is 17.2 Å². The Labute approximate surface area is 162 Å². The van der Waals surface area contributed by atoms with E-state index in [2.05, 4.69) is 10.4 Å². The van der Waals surface area contributed by atoms with E-state index in [0.29, 0.717) is 41.4 Å². The first kappa shape index (κ1) is 19.4. The van der Waals surface area contributed by atoms with Gasteiger partial charge in [-0.3, -0.25) is 4.79 Å². The van der Waals surface area contributed by atoms with Gasteiger partial charge >= 0.3 is 0 Å². The summed E-state index contributed by atoms with van der Waals surface area (Å²) in [5.41, 5.74) is 2.31. The second kappa shape index (κ2) is 8.56. The number of nitrogens with zero attached hydrogens (tertiary/aromatic N) is 2. The van der Waals surface area contributed by atoms with Gasteiger partial charge in [0.1, 0.15) is 11.5 Å². The van der Waals surface area contributed by atoms with Crippen molar-refractivity contribution in [2.75, 3.05) is 20.8 Å². The van der Waals surface area contributed by atoms with E-state index in [9.17, 15) is 9.18 Å². The van der Waals surface area contributed by atoms with Gasteiger partial charge in [-0.2, -0.15) is 5.10 Å². The van der Waals surface area contributed by atoms with E-state index in [4.69, 9.17) is 9.47 Å². The lowest BCUT2D eigenvalue weighted by molar-refractivity contribution is 0.0953. The molecule has 3 aromatic rings. The summed E-state index contributed by atoms with van der Waals surface area (Å²) in [6.07, 6.45) is 2.08. The monoisotopic (exact) mass is 383 g/mol. The molecule has 0 saturated heterocycles. The number of nitrogens with one attached hydrogen (secondary N) is 1. The Balaban J connectivity index is 1.66. The maximum absolute atomic E-state index is 14.0. The van der Waals surface area contributed by atoms with E-state index in [1.165, 1.54) is 16.9 Å². The maximum Gasteiger partial charge on any atom is 0.254 e. The van der Waals surface area contributed by atoms with Crippen molar-refractivity contribution in [1.82, 2.24) is 15.1 Å². The Morgan fingerprint density at radius 1 is 1.14 bits per heavy atom. The second-order valence-electron chi connectivity index (χ2n) is 6.20. The third-order valence-corrected chi connectivity index (χ3v) is 4.48. The van der Waals surface area contributed by atoms with Crippen molar-refractivity contribution in [3.63, 3.8) is 0 Å². The average molecular weight is 383 g/mol. The minimum Gasteiger partial charge on any atom is -0.493 e. The van der Waals surface area contributed by atoms with Crippen molar-refractivity contribution in [1.29, 1.82) is 0 Å². The van der Waals surface area contributed by atoms with Crippen LogP contribution in [0.4, 0.5) is 4.39 Å². The second-order valence-corrected chi connectivity index (χ2v) is 6.20. The lowest BCUT2D eigenvalue weighted by atomic mass is 10.1. The van der Waals surface area contributed by atoms with Crippen LogP contribution in [0.25, 0.3) is 5.69 Å². The van der Waals surface area contributed by atoms with Gasteiger partial charge in [0.2, 0.25) is 0 Å². The molecule has 0 aliphatic heterocycles. The summed E-state index contributed by atoms with van der Waals surface area (Å²) in [6, 6.07) is 12.0. The highest BCUT2D eigenvalue weighted by atomic mass is 19.1. The zero-order valence-electron chi connectivity index (χ0n) is 16.0. The minimum absolute atomic E-state index is 0.249. The van der Waals surface area contributed by atoms with Gasteiger partial charge in [-0.05, 0) is 43.2 Å². The van der Waals surface area contributed by atoms with Crippen molar-refractivity contribution in [3.05, 3.63) is 71.3 Å². The Kier molecular flexibility index (Phi) is 5.93. The van der Waals surface area contributed by atoms with Crippen LogP contribution in [0.1, 0.15) is 21.6 Å². The first-order valence-electron chi connectivity index (χ1n) is 8.83. The highest BCUT2D eigenvalue weighted by Crippen LogP contribution is 2.27. The first-order valence-corrected chi connectivity index (χ1v) is 8.83. The SMILES string of the molecule is COc1ccc(CCNC(=O)c2cnn(-c3ccccc3F)c2C)cc1OC. The Morgan fingerprint density at radius 3 is 2.61 bits per heavy atom. The van der Waals surface area contributed by atoms with Crippen LogP contribution in [0, 0.1) is 12.7 Å². The lowest BCUT2D eigenvalue weighted by Gasteiger charge is -2.10. The summed E-state index contributed by atoms with van der Waals surface area (Å²) in [4.78, 5) is 12.5. The number of halogens is 1. The maximum atomic E-state index is 14.0. The summed E-state index contributed by atoms with van der Waals surface area (Å²) < 4.78 is 25.9. The Morgan fingerprint density at radius 2 is 1.89 bits per heavy atom. The van der Waals surface area contributed by atoms with Gasteiger partial charge in [0.15, 0.2) is 11.5 Å². The molecule has 1 amide bonds. The predicted octanol–water partition coefficient (Wildman–Crippen LogP) is 3.31. The molecular formula is C21H22FN3O3. The quantitative estimate of drug-likeness (QED) is 0.680. The average Bonchev–Trinajstić information content (AvgIpc) is 3.09. The Bertz CT molecular complexity index is 985. The number of hydrogen-bond donors (Lipinski definition) is 1.